The van der Waals surface area contributed by atoms with Crippen LogP contribution in [0.1, 0.15) is 25.3 Å². The second-order valence-electron chi connectivity index (χ2n) is 4.49. The van der Waals surface area contributed by atoms with E-state index in [-0.39, 0.29) is 0 Å². The molecule has 0 aliphatic rings. The number of nitrogens with one attached hydrogen (secondary N) is 1. The highest BCUT2D eigenvalue weighted by Gasteiger charge is 1.99. The van der Waals surface area contributed by atoms with E-state index >= 15 is 0 Å². The fourth-order valence-electron chi connectivity index (χ4n) is 2.22. The number of aryl methyl sites for hydroxylation is 1. The normalized spacial score (nSPS) is 10.9. The van der Waals surface area contributed by atoms with Gasteiger partial charge < -0.3 is 5.32 Å². The summed E-state index contributed by atoms with van der Waals surface area (Å²) in [6.07, 6.45) is 3.60. The molecule has 90 valence electrons. The van der Waals surface area contributed by atoms with Crippen LogP contribution in [0.4, 0.5) is 0 Å². The molecule has 0 aliphatic heterocycles. The van der Waals surface area contributed by atoms with Crippen LogP contribution in [0, 0.1) is 0 Å². The van der Waals surface area contributed by atoms with Gasteiger partial charge in [-0.05, 0) is 48.7 Å². The average molecular weight is 227 g/mol. The van der Waals surface area contributed by atoms with Crippen molar-refractivity contribution in [3.63, 3.8) is 0 Å². The van der Waals surface area contributed by atoms with Crippen LogP contribution in [0.15, 0.2) is 42.5 Å². The Kier molecular flexibility index (Phi) is 4.57. The van der Waals surface area contributed by atoms with E-state index in [0.29, 0.717) is 0 Å². The molecule has 0 aliphatic carbocycles. The molecule has 2 rings (SSSR count). The maximum absolute atomic E-state index is 3.45. The van der Waals surface area contributed by atoms with Crippen molar-refractivity contribution in [3.05, 3.63) is 48.0 Å². The molecule has 0 saturated heterocycles. The Bertz CT molecular complexity index is 457. The maximum atomic E-state index is 3.45. The number of rotatable bonds is 6. The minimum absolute atomic E-state index is 1.12. The molecular formula is C16H21N. The van der Waals surface area contributed by atoms with Gasteiger partial charge in [0, 0.05) is 0 Å². The largest absolute Gasteiger partial charge is 0.317 e. The molecule has 0 bridgehead atoms. The SMILES string of the molecule is CCCNCCCc1cccc2ccccc12. The lowest BCUT2D eigenvalue weighted by molar-refractivity contribution is 0.641. The summed E-state index contributed by atoms with van der Waals surface area (Å²) in [6, 6.07) is 15.3. The molecule has 1 N–H and O–H groups in total. The summed E-state index contributed by atoms with van der Waals surface area (Å²) in [5.41, 5.74) is 1.47. The summed E-state index contributed by atoms with van der Waals surface area (Å²) in [5.74, 6) is 0. The van der Waals surface area contributed by atoms with Crippen LogP contribution in [0.2, 0.25) is 0 Å². The first-order chi connectivity index (χ1) is 8.42. The average Bonchev–Trinajstić information content (AvgIpc) is 2.39. The Morgan fingerprint density at radius 2 is 1.76 bits per heavy atom. The molecule has 0 heterocycles. The van der Waals surface area contributed by atoms with Crippen molar-refractivity contribution in [2.75, 3.05) is 13.1 Å². The van der Waals surface area contributed by atoms with Gasteiger partial charge in [0.2, 0.25) is 0 Å². The monoisotopic (exact) mass is 227 g/mol. The molecule has 0 aromatic heterocycles. The molecule has 0 amide bonds. The van der Waals surface area contributed by atoms with Crippen molar-refractivity contribution in [3.8, 4) is 0 Å². The third-order valence-corrected chi connectivity index (χ3v) is 3.11. The molecule has 2 aromatic carbocycles. The van der Waals surface area contributed by atoms with Crippen LogP contribution in [0.3, 0.4) is 0 Å². The molecule has 0 fully saturated rings. The van der Waals surface area contributed by atoms with Crippen molar-refractivity contribution in [2.24, 2.45) is 0 Å². The summed E-state index contributed by atoms with van der Waals surface area (Å²) >= 11 is 0. The third-order valence-electron chi connectivity index (χ3n) is 3.11. The minimum atomic E-state index is 1.12. The molecule has 0 radical (unpaired) electrons. The maximum Gasteiger partial charge on any atom is -0.00457 e. The van der Waals surface area contributed by atoms with E-state index in [2.05, 4.69) is 54.7 Å². The van der Waals surface area contributed by atoms with E-state index in [0.717, 1.165) is 19.5 Å². The standard InChI is InChI=1S/C16H21N/c1-2-12-17-13-6-10-15-9-5-8-14-7-3-4-11-16(14)15/h3-5,7-9,11,17H,2,6,10,12-13H2,1H3. The number of benzene rings is 2. The van der Waals surface area contributed by atoms with Gasteiger partial charge in [0.15, 0.2) is 0 Å². The molecule has 0 unspecified atom stereocenters. The summed E-state index contributed by atoms with van der Waals surface area (Å²) in [5, 5.41) is 6.21. The van der Waals surface area contributed by atoms with E-state index in [1.807, 2.05) is 0 Å². The summed E-state index contributed by atoms with van der Waals surface area (Å²) in [4.78, 5) is 0. The van der Waals surface area contributed by atoms with Gasteiger partial charge in [0.1, 0.15) is 0 Å². The van der Waals surface area contributed by atoms with Crippen molar-refractivity contribution in [1.29, 1.82) is 0 Å². The molecule has 0 atom stereocenters. The Balaban J connectivity index is 1.98. The topological polar surface area (TPSA) is 12.0 Å². The van der Waals surface area contributed by atoms with Crippen LogP contribution in [0.5, 0.6) is 0 Å². The van der Waals surface area contributed by atoms with Crippen LogP contribution >= 0.6 is 0 Å². The van der Waals surface area contributed by atoms with E-state index in [4.69, 9.17) is 0 Å². The van der Waals surface area contributed by atoms with Crippen LogP contribution in [-0.4, -0.2) is 13.1 Å². The zero-order valence-corrected chi connectivity index (χ0v) is 10.6. The number of hydrogen-bond donors (Lipinski definition) is 1. The van der Waals surface area contributed by atoms with Crippen molar-refractivity contribution in [2.45, 2.75) is 26.2 Å². The Labute approximate surface area is 104 Å². The highest BCUT2D eigenvalue weighted by atomic mass is 14.8. The van der Waals surface area contributed by atoms with Gasteiger partial charge in [-0.15, -0.1) is 0 Å². The fourth-order valence-corrected chi connectivity index (χ4v) is 2.22. The zero-order valence-electron chi connectivity index (χ0n) is 10.6. The van der Waals surface area contributed by atoms with E-state index < -0.39 is 0 Å². The quantitative estimate of drug-likeness (QED) is 0.741. The zero-order chi connectivity index (χ0) is 11.9. The first-order valence-corrected chi connectivity index (χ1v) is 6.59. The van der Waals surface area contributed by atoms with Gasteiger partial charge >= 0.3 is 0 Å². The third kappa shape index (κ3) is 3.31. The number of hydrogen-bond acceptors (Lipinski definition) is 1. The Morgan fingerprint density at radius 3 is 2.65 bits per heavy atom. The predicted octanol–water partition coefficient (Wildman–Crippen LogP) is 3.77. The molecule has 1 heteroatoms. The molecule has 2 aromatic rings. The first kappa shape index (κ1) is 12.1. The van der Waals surface area contributed by atoms with Crippen molar-refractivity contribution < 1.29 is 0 Å². The molecule has 17 heavy (non-hydrogen) atoms. The van der Waals surface area contributed by atoms with Gasteiger partial charge in [-0.1, -0.05) is 49.4 Å². The lowest BCUT2D eigenvalue weighted by Gasteiger charge is -2.07. The summed E-state index contributed by atoms with van der Waals surface area (Å²) in [6.45, 7) is 4.46. The van der Waals surface area contributed by atoms with Crippen molar-refractivity contribution in [1.82, 2.24) is 5.32 Å². The Morgan fingerprint density at radius 1 is 0.941 bits per heavy atom. The van der Waals surface area contributed by atoms with Gasteiger partial charge in [-0.2, -0.15) is 0 Å². The van der Waals surface area contributed by atoms with Crippen LogP contribution < -0.4 is 5.32 Å². The Hall–Kier alpha value is -1.34. The lowest BCUT2D eigenvalue weighted by Crippen LogP contribution is -2.16. The molecule has 0 spiro atoms. The summed E-state index contributed by atoms with van der Waals surface area (Å²) in [7, 11) is 0. The summed E-state index contributed by atoms with van der Waals surface area (Å²) < 4.78 is 0. The lowest BCUT2D eigenvalue weighted by atomic mass is 10.0. The van der Waals surface area contributed by atoms with E-state index in [1.54, 1.807) is 0 Å². The highest BCUT2D eigenvalue weighted by Crippen LogP contribution is 2.19. The predicted molar refractivity (Wildman–Crippen MR) is 75.4 cm³/mol. The molecule has 0 saturated carbocycles. The molecule has 1 nitrogen and oxygen atoms in total. The van der Waals surface area contributed by atoms with Gasteiger partial charge in [-0.25, -0.2) is 0 Å². The minimum Gasteiger partial charge on any atom is -0.317 e. The van der Waals surface area contributed by atoms with Gasteiger partial charge in [-0.3, -0.25) is 0 Å². The smallest absolute Gasteiger partial charge is 0.00457 e. The van der Waals surface area contributed by atoms with Gasteiger partial charge in [0.25, 0.3) is 0 Å². The van der Waals surface area contributed by atoms with Crippen LogP contribution in [0.25, 0.3) is 10.8 Å². The van der Waals surface area contributed by atoms with Crippen molar-refractivity contribution >= 4 is 10.8 Å². The van der Waals surface area contributed by atoms with E-state index in [1.165, 1.54) is 29.2 Å². The highest BCUT2D eigenvalue weighted by molar-refractivity contribution is 5.85. The molecular weight excluding hydrogens is 206 g/mol. The second-order valence-corrected chi connectivity index (χ2v) is 4.49. The van der Waals surface area contributed by atoms with Gasteiger partial charge in [0.05, 0.1) is 0 Å². The number of fused-ring (bicyclic) bond motifs is 1. The second kappa shape index (κ2) is 6.41. The fraction of sp³-hybridized carbons (Fsp3) is 0.375. The van der Waals surface area contributed by atoms with E-state index in [9.17, 15) is 0 Å². The first-order valence-electron chi connectivity index (χ1n) is 6.59. The van der Waals surface area contributed by atoms with Crippen LogP contribution in [-0.2, 0) is 6.42 Å².